The molecule has 9 heteroatoms. The fraction of sp³-hybridized carbons (Fsp3) is 0.211. The highest BCUT2D eigenvalue weighted by atomic mass is 16.5. The first-order valence-corrected chi connectivity index (χ1v) is 8.52. The van der Waals surface area contributed by atoms with Crippen molar-refractivity contribution in [2.24, 2.45) is 0 Å². The number of rotatable bonds is 6. The zero-order chi connectivity index (χ0) is 20.1. The Hall–Kier alpha value is -3.93. The van der Waals surface area contributed by atoms with Gasteiger partial charge in [0.2, 0.25) is 11.8 Å². The Morgan fingerprint density at radius 1 is 1.25 bits per heavy atom. The summed E-state index contributed by atoms with van der Waals surface area (Å²) >= 11 is 0. The van der Waals surface area contributed by atoms with Crippen molar-refractivity contribution in [1.82, 2.24) is 19.5 Å². The smallest absolute Gasteiger partial charge is 0.328 e. The summed E-state index contributed by atoms with van der Waals surface area (Å²) in [5, 5.41) is 12.1. The van der Waals surface area contributed by atoms with E-state index in [4.69, 9.17) is 10.00 Å². The van der Waals surface area contributed by atoms with Gasteiger partial charge in [0.1, 0.15) is 5.75 Å². The van der Waals surface area contributed by atoms with Crippen molar-refractivity contribution in [3.05, 3.63) is 74.2 Å². The topological polar surface area (TPSA) is 126 Å². The number of aryl methyl sites for hydroxylation is 2. The van der Waals surface area contributed by atoms with E-state index in [1.807, 2.05) is 13.8 Å². The van der Waals surface area contributed by atoms with E-state index in [2.05, 4.69) is 26.3 Å². The number of aromatic amines is 1. The Balaban J connectivity index is 1.68. The van der Waals surface area contributed by atoms with E-state index in [9.17, 15) is 9.59 Å². The molecule has 2 aromatic heterocycles. The minimum atomic E-state index is -0.473. The Bertz CT molecular complexity index is 1140. The molecule has 0 amide bonds. The van der Waals surface area contributed by atoms with Gasteiger partial charge in [0, 0.05) is 37.6 Å². The predicted molar refractivity (Wildman–Crippen MR) is 103 cm³/mol. The van der Waals surface area contributed by atoms with Crippen molar-refractivity contribution in [3.8, 4) is 17.7 Å². The van der Waals surface area contributed by atoms with Crippen LogP contribution in [0.15, 0.2) is 46.2 Å². The molecule has 0 unspecified atom stereocenters. The lowest BCUT2D eigenvalue weighted by molar-refractivity contribution is 0.455. The molecule has 2 N–H and O–H groups in total. The molecule has 0 aliphatic heterocycles. The lowest BCUT2D eigenvalue weighted by atomic mass is 10.1. The standard InChI is InChI=1S/C19H18N6O3/c1-12-9-14(11-20)10-13(2)17(12)28-16-3-5-21-18(24-16)22-6-8-25-7-4-15(26)23-19(25)27/h3-5,7,9-10H,6,8H2,1-2H3,(H,21,22,24)(H,23,26,27). The van der Waals surface area contributed by atoms with Crippen LogP contribution in [-0.2, 0) is 6.54 Å². The number of hydrogen-bond donors (Lipinski definition) is 2. The van der Waals surface area contributed by atoms with Crippen molar-refractivity contribution in [2.75, 3.05) is 11.9 Å². The molecular formula is C19H18N6O3. The van der Waals surface area contributed by atoms with Crippen LogP contribution in [0, 0.1) is 25.2 Å². The third kappa shape index (κ3) is 4.42. The summed E-state index contributed by atoms with van der Waals surface area (Å²) in [5.41, 5.74) is 1.34. The third-order valence-corrected chi connectivity index (χ3v) is 3.96. The molecule has 3 aromatic rings. The van der Waals surface area contributed by atoms with Crippen LogP contribution in [0.1, 0.15) is 16.7 Å². The average molecular weight is 378 g/mol. The van der Waals surface area contributed by atoms with E-state index in [1.165, 1.54) is 16.8 Å². The van der Waals surface area contributed by atoms with Crippen LogP contribution in [-0.4, -0.2) is 26.1 Å². The predicted octanol–water partition coefficient (Wildman–Crippen LogP) is 1.72. The van der Waals surface area contributed by atoms with Crippen LogP contribution >= 0.6 is 0 Å². The summed E-state index contributed by atoms with van der Waals surface area (Å²) in [6.07, 6.45) is 2.99. The fourth-order valence-corrected chi connectivity index (χ4v) is 2.67. The van der Waals surface area contributed by atoms with Gasteiger partial charge in [0.05, 0.1) is 11.6 Å². The van der Waals surface area contributed by atoms with Gasteiger partial charge in [-0.2, -0.15) is 10.2 Å². The Kier molecular flexibility index (Phi) is 5.50. The van der Waals surface area contributed by atoms with Crippen molar-refractivity contribution >= 4 is 5.95 Å². The van der Waals surface area contributed by atoms with Gasteiger partial charge in [-0.05, 0) is 37.1 Å². The number of nitriles is 1. The maximum atomic E-state index is 11.7. The summed E-state index contributed by atoms with van der Waals surface area (Å²) in [6.45, 7) is 4.44. The molecule has 0 fully saturated rings. The second-order valence-electron chi connectivity index (χ2n) is 6.10. The highest BCUT2D eigenvalue weighted by molar-refractivity contribution is 5.48. The molecule has 2 heterocycles. The van der Waals surface area contributed by atoms with Crippen molar-refractivity contribution in [2.45, 2.75) is 20.4 Å². The first-order chi connectivity index (χ1) is 13.5. The van der Waals surface area contributed by atoms with Gasteiger partial charge in [0.15, 0.2) is 0 Å². The van der Waals surface area contributed by atoms with Gasteiger partial charge in [-0.1, -0.05) is 0 Å². The van der Waals surface area contributed by atoms with Crippen molar-refractivity contribution in [3.63, 3.8) is 0 Å². The molecule has 0 aliphatic rings. The quantitative estimate of drug-likeness (QED) is 0.669. The van der Waals surface area contributed by atoms with Gasteiger partial charge in [-0.25, -0.2) is 9.78 Å². The van der Waals surface area contributed by atoms with Crippen LogP contribution in [0.4, 0.5) is 5.95 Å². The number of nitrogens with zero attached hydrogens (tertiary/aromatic N) is 4. The second kappa shape index (κ2) is 8.18. The third-order valence-electron chi connectivity index (χ3n) is 3.96. The first kappa shape index (κ1) is 18.8. The molecule has 0 bridgehead atoms. The molecule has 9 nitrogen and oxygen atoms in total. The van der Waals surface area contributed by atoms with Gasteiger partial charge in [0.25, 0.3) is 5.56 Å². The first-order valence-electron chi connectivity index (χ1n) is 8.52. The summed E-state index contributed by atoms with van der Waals surface area (Å²) < 4.78 is 7.25. The highest BCUT2D eigenvalue weighted by Crippen LogP contribution is 2.29. The largest absolute Gasteiger partial charge is 0.438 e. The molecule has 28 heavy (non-hydrogen) atoms. The molecule has 0 aliphatic carbocycles. The second-order valence-corrected chi connectivity index (χ2v) is 6.10. The molecule has 0 saturated carbocycles. The number of ether oxygens (including phenoxy) is 1. The summed E-state index contributed by atoms with van der Waals surface area (Å²) in [4.78, 5) is 33.4. The van der Waals surface area contributed by atoms with E-state index in [0.29, 0.717) is 36.2 Å². The molecule has 0 spiro atoms. The highest BCUT2D eigenvalue weighted by Gasteiger charge is 2.09. The minimum Gasteiger partial charge on any atom is -0.438 e. The normalized spacial score (nSPS) is 10.3. The molecular weight excluding hydrogens is 360 g/mol. The number of hydrogen-bond acceptors (Lipinski definition) is 7. The van der Waals surface area contributed by atoms with E-state index in [-0.39, 0.29) is 0 Å². The molecule has 3 rings (SSSR count). The molecule has 0 atom stereocenters. The number of nitrogens with one attached hydrogen (secondary N) is 2. The monoisotopic (exact) mass is 378 g/mol. The van der Waals surface area contributed by atoms with Gasteiger partial charge in [-0.15, -0.1) is 0 Å². The zero-order valence-corrected chi connectivity index (χ0v) is 15.4. The maximum Gasteiger partial charge on any atom is 0.328 e. The van der Waals surface area contributed by atoms with Crippen LogP contribution in [0.2, 0.25) is 0 Å². The van der Waals surface area contributed by atoms with E-state index in [0.717, 1.165) is 11.1 Å². The van der Waals surface area contributed by atoms with E-state index >= 15 is 0 Å². The summed E-state index contributed by atoms with van der Waals surface area (Å²) in [6, 6.07) is 8.55. The van der Waals surface area contributed by atoms with Gasteiger partial charge in [-0.3, -0.25) is 14.3 Å². The average Bonchev–Trinajstić information content (AvgIpc) is 2.66. The van der Waals surface area contributed by atoms with Crippen LogP contribution in [0.5, 0.6) is 11.6 Å². The van der Waals surface area contributed by atoms with Crippen molar-refractivity contribution < 1.29 is 4.74 Å². The van der Waals surface area contributed by atoms with Crippen LogP contribution < -0.4 is 21.3 Å². The zero-order valence-electron chi connectivity index (χ0n) is 15.4. The summed E-state index contributed by atoms with van der Waals surface area (Å²) in [7, 11) is 0. The minimum absolute atomic E-state index is 0.331. The van der Waals surface area contributed by atoms with Crippen LogP contribution in [0.25, 0.3) is 0 Å². The van der Waals surface area contributed by atoms with E-state index in [1.54, 1.807) is 24.4 Å². The lowest BCUT2D eigenvalue weighted by Crippen LogP contribution is -2.30. The Labute approximate surface area is 160 Å². The number of aromatic nitrogens is 4. The number of benzene rings is 1. The maximum absolute atomic E-state index is 11.7. The lowest BCUT2D eigenvalue weighted by Gasteiger charge is -2.12. The Morgan fingerprint density at radius 3 is 2.68 bits per heavy atom. The molecule has 0 radical (unpaired) electrons. The SMILES string of the molecule is Cc1cc(C#N)cc(C)c1Oc1ccnc(NCCn2ccc(=O)[nH]c2=O)n1. The molecule has 0 saturated heterocycles. The molecule has 1 aromatic carbocycles. The van der Waals surface area contributed by atoms with E-state index < -0.39 is 11.2 Å². The van der Waals surface area contributed by atoms with Gasteiger partial charge < -0.3 is 10.1 Å². The molecule has 142 valence electrons. The van der Waals surface area contributed by atoms with Crippen LogP contribution in [0.3, 0.4) is 0 Å². The van der Waals surface area contributed by atoms with Crippen molar-refractivity contribution in [1.29, 1.82) is 5.26 Å². The Morgan fingerprint density at radius 2 is 2.00 bits per heavy atom. The number of anilines is 1. The van der Waals surface area contributed by atoms with Gasteiger partial charge >= 0.3 is 5.69 Å². The summed E-state index contributed by atoms with van der Waals surface area (Å²) in [5.74, 6) is 1.34. The number of H-pyrrole nitrogens is 1. The fourth-order valence-electron chi connectivity index (χ4n) is 2.67.